The van der Waals surface area contributed by atoms with E-state index in [-0.39, 0.29) is 0 Å². The zero-order valence-corrected chi connectivity index (χ0v) is 9.93. The van der Waals surface area contributed by atoms with Crippen molar-refractivity contribution in [2.45, 2.75) is 19.9 Å². The molecule has 1 fully saturated rings. The Balaban J connectivity index is 1.82. The average Bonchev–Trinajstić information content (AvgIpc) is 2.31. The molecule has 0 saturated carbocycles. The number of aromatic nitrogens is 2. The van der Waals surface area contributed by atoms with Gasteiger partial charge < -0.3 is 0 Å². The minimum atomic E-state index is 0.634. The molecule has 0 aliphatic carbocycles. The summed E-state index contributed by atoms with van der Waals surface area (Å²) in [5.41, 5.74) is 3.22. The second-order valence-electron chi connectivity index (χ2n) is 4.30. The van der Waals surface area contributed by atoms with Crippen LogP contribution in [0.15, 0.2) is 18.5 Å². The van der Waals surface area contributed by atoms with Crippen LogP contribution in [-0.4, -0.2) is 52.1 Å². The van der Waals surface area contributed by atoms with E-state index in [0.717, 1.165) is 26.2 Å². The summed E-state index contributed by atoms with van der Waals surface area (Å²) in [6.07, 6.45) is 3.50. The van der Waals surface area contributed by atoms with Gasteiger partial charge in [0, 0.05) is 44.6 Å². The van der Waals surface area contributed by atoms with Crippen LogP contribution in [0.2, 0.25) is 0 Å². The van der Waals surface area contributed by atoms with Gasteiger partial charge in [0.25, 0.3) is 0 Å². The summed E-state index contributed by atoms with van der Waals surface area (Å²) >= 11 is 0. The van der Waals surface area contributed by atoms with Crippen LogP contribution in [0.25, 0.3) is 0 Å². The van der Waals surface area contributed by atoms with Crippen molar-refractivity contribution in [1.29, 1.82) is 0 Å². The lowest BCUT2D eigenvalue weighted by molar-refractivity contribution is 0.124. The minimum Gasteiger partial charge on any atom is -0.298 e. The Morgan fingerprint density at radius 3 is 2.31 bits per heavy atom. The van der Waals surface area contributed by atoms with E-state index in [2.05, 4.69) is 39.2 Å². The van der Waals surface area contributed by atoms with E-state index in [0.29, 0.717) is 12.0 Å². The zero-order chi connectivity index (χ0) is 11.4. The van der Waals surface area contributed by atoms with Gasteiger partial charge in [0.2, 0.25) is 5.95 Å². The van der Waals surface area contributed by atoms with Gasteiger partial charge in [0.05, 0.1) is 0 Å². The van der Waals surface area contributed by atoms with Gasteiger partial charge >= 0.3 is 0 Å². The van der Waals surface area contributed by atoms with E-state index in [1.54, 1.807) is 12.4 Å². The summed E-state index contributed by atoms with van der Waals surface area (Å²) in [5, 5.41) is 2.17. The van der Waals surface area contributed by atoms with Gasteiger partial charge in [-0.2, -0.15) is 0 Å². The first-order valence-electron chi connectivity index (χ1n) is 5.78. The largest absolute Gasteiger partial charge is 0.298 e. The Kier molecular flexibility index (Phi) is 3.69. The summed E-state index contributed by atoms with van der Waals surface area (Å²) in [6, 6.07) is 2.46. The number of hydrogen-bond acceptors (Lipinski definition) is 5. The molecule has 1 aliphatic rings. The van der Waals surface area contributed by atoms with Gasteiger partial charge in [-0.05, 0) is 19.9 Å². The van der Waals surface area contributed by atoms with Gasteiger partial charge in [0.1, 0.15) is 0 Å². The van der Waals surface area contributed by atoms with E-state index >= 15 is 0 Å². The molecule has 5 nitrogen and oxygen atoms in total. The molecule has 1 aromatic rings. The van der Waals surface area contributed by atoms with Gasteiger partial charge in [-0.3, -0.25) is 10.3 Å². The Morgan fingerprint density at radius 1 is 1.12 bits per heavy atom. The molecule has 1 saturated heterocycles. The summed E-state index contributed by atoms with van der Waals surface area (Å²) in [5.74, 6) is 0.681. The average molecular weight is 221 g/mol. The van der Waals surface area contributed by atoms with Crippen molar-refractivity contribution in [2.75, 3.05) is 31.6 Å². The number of hydrazine groups is 1. The topological polar surface area (TPSA) is 44.3 Å². The monoisotopic (exact) mass is 221 g/mol. The maximum absolute atomic E-state index is 4.15. The van der Waals surface area contributed by atoms with Crippen molar-refractivity contribution in [1.82, 2.24) is 19.9 Å². The molecule has 0 spiro atoms. The molecule has 0 radical (unpaired) electrons. The van der Waals surface area contributed by atoms with E-state index < -0.39 is 0 Å². The van der Waals surface area contributed by atoms with Gasteiger partial charge in [0.15, 0.2) is 0 Å². The molecule has 2 heterocycles. The molecule has 0 aromatic carbocycles. The molecule has 16 heavy (non-hydrogen) atoms. The van der Waals surface area contributed by atoms with E-state index in [1.165, 1.54) is 0 Å². The van der Waals surface area contributed by atoms with Crippen molar-refractivity contribution in [3.63, 3.8) is 0 Å². The molecule has 88 valence electrons. The number of piperazine rings is 1. The lowest BCUT2D eigenvalue weighted by atomic mass is 10.2. The highest BCUT2D eigenvalue weighted by molar-refractivity contribution is 5.20. The third kappa shape index (κ3) is 2.90. The zero-order valence-electron chi connectivity index (χ0n) is 9.93. The fourth-order valence-electron chi connectivity index (χ4n) is 1.85. The van der Waals surface area contributed by atoms with Crippen molar-refractivity contribution >= 4 is 5.95 Å². The first-order chi connectivity index (χ1) is 7.75. The van der Waals surface area contributed by atoms with Crippen LogP contribution >= 0.6 is 0 Å². The van der Waals surface area contributed by atoms with Crippen molar-refractivity contribution in [3.05, 3.63) is 18.5 Å². The van der Waals surface area contributed by atoms with Gasteiger partial charge in [-0.15, -0.1) is 0 Å². The summed E-state index contributed by atoms with van der Waals surface area (Å²) in [7, 11) is 0. The van der Waals surface area contributed by atoms with Crippen molar-refractivity contribution in [3.8, 4) is 0 Å². The molecule has 0 atom stereocenters. The van der Waals surface area contributed by atoms with Crippen molar-refractivity contribution < 1.29 is 0 Å². The molecular formula is C11H19N5. The molecule has 1 aromatic heterocycles. The Hall–Kier alpha value is -1.20. The second kappa shape index (κ2) is 5.23. The Bertz CT molecular complexity index is 305. The summed E-state index contributed by atoms with van der Waals surface area (Å²) in [6.45, 7) is 8.69. The molecule has 0 unspecified atom stereocenters. The highest BCUT2D eigenvalue weighted by Gasteiger charge is 2.18. The standard InChI is InChI=1S/C11H19N5/c1-10(2)15-6-8-16(9-7-15)14-11-12-4-3-5-13-11/h3-5,10H,6-9H2,1-2H3,(H,12,13,14). The number of nitrogens with one attached hydrogen (secondary N) is 1. The molecule has 0 amide bonds. The van der Waals surface area contributed by atoms with Crippen LogP contribution in [0, 0.1) is 0 Å². The number of rotatable bonds is 3. The highest BCUT2D eigenvalue weighted by atomic mass is 15.6. The smallest absolute Gasteiger partial charge is 0.237 e. The Morgan fingerprint density at radius 2 is 1.75 bits per heavy atom. The quantitative estimate of drug-likeness (QED) is 0.819. The summed E-state index contributed by atoms with van der Waals surface area (Å²) < 4.78 is 0. The maximum Gasteiger partial charge on any atom is 0.237 e. The van der Waals surface area contributed by atoms with E-state index in [4.69, 9.17) is 0 Å². The number of hydrogen-bond donors (Lipinski definition) is 1. The number of anilines is 1. The molecular weight excluding hydrogens is 202 g/mol. The first-order valence-corrected chi connectivity index (χ1v) is 5.78. The molecule has 2 rings (SSSR count). The van der Waals surface area contributed by atoms with Crippen LogP contribution in [0.1, 0.15) is 13.8 Å². The van der Waals surface area contributed by atoms with Crippen LogP contribution < -0.4 is 5.43 Å². The predicted octanol–water partition coefficient (Wildman–Crippen LogP) is 0.829. The third-order valence-corrected chi connectivity index (χ3v) is 2.87. The lowest BCUT2D eigenvalue weighted by Gasteiger charge is -2.36. The van der Waals surface area contributed by atoms with Crippen molar-refractivity contribution in [2.24, 2.45) is 0 Å². The van der Waals surface area contributed by atoms with Crippen LogP contribution in [0.4, 0.5) is 5.95 Å². The molecule has 0 bridgehead atoms. The SMILES string of the molecule is CC(C)N1CCN(Nc2ncccn2)CC1. The first kappa shape index (κ1) is 11.3. The van der Waals surface area contributed by atoms with Gasteiger partial charge in [-0.25, -0.2) is 15.0 Å². The van der Waals surface area contributed by atoms with E-state index in [9.17, 15) is 0 Å². The third-order valence-electron chi connectivity index (χ3n) is 2.87. The number of nitrogens with zero attached hydrogens (tertiary/aromatic N) is 4. The minimum absolute atomic E-state index is 0.634. The fourth-order valence-corrected chi connectivity index (χ4v) is 1.85. The fraction of sp³-hybridized carbons (Fsp3) is 0.636. The lowest BCUT2D eigenvalue weighted by Crippen LogP contribution is -2.50. The van der Waals surface area contributed by atoms with Crippen LogP contribution in [0.5, 0.6) is 0 Å². The van der Waals surface area contributed by atoms with Gasteiger partial charge in [-0.1, -0.05) is 0 Å². The molecule has 5 heteroatoms. The van der Waals surface area contributed by atoms with Crippen LogP contribution in [0.3, 0.4) is 0 Å². The molecule has 1 aliphatic heterocycles. The second-order valence-corrected chi connectivity index (χ2v) is 4.30. The normalized spacial score (nSPS) is 18.9. The Labute approximate surface area is 96.5 Å². The molecule has 1 N–H and O–H groups in total. The van der Waals surface area contributed by atoms with E-state index in [1.807, 2.05) is 6.07 Å². The highest BCUT2D eigenvalue weighted by Crippen LogP contribution is 2.06. The maximum atomic E-state index is 4.15. The summed E-state index contributed by atoms with van der Waals surface area (Å²) in [4.78, 5) is 10.8. The van der Waals surface area contributed by atoms with Crippen LogP contribution in [-0.2, 0) is 0 Å². The predicted molar refractivity (Wildman–Crippen MR) is 63.9 cm³/mol.